The van der Waals surface area contributed by atoms with Crippen molar-refractivity contribution >= 4 is 31.9 Å². The zero-order valence-corrected chi connectivity index (χ0v) is 17.8. The van der Waals surface area contributed by atoms with Crippen LogP contribution in [0.5, 0.6) is 0 Å². The van der Waals surface area contributed by atoms with Gasteiger partial charge in [0.05, 0.1) is 28.6 Å². The molecule has 2 heterocycles. The molecule has 1 aliphatic carbocycles. The summed E-state index contributed by atoms with van der Waals surface area (Å²) < 4.78 is 27.9. The normalized spacial score (nSPS) is 22.9. The highest BCUT2D eigenvalue weighted by Crippen LogP contribution is 2.43. The summed E-state index contributed by atoms with van der Waals surface area (Å²) in [5, 5.41) is 17.3. The average Bonchev–Trinajstić information content (AvgIpc) is 3.23. The number of nitrogens with zero attached hydrogens (tertiary/aromatic N) is 2. The van der Waals surface area contributed by atoms with E-state index in [2.05, 4.69) is 22.3 Å². The van der Waals surface area contributed by atoms with Crippen LogP contribution >= 0.6 is 11.3 Å². The Labute approximate surface area is 170 Å². The lowest BCUT2D eigenvalue weighted by molar-refractivity contribution is 0.101. The molecule has 0 amide bonds. The molecule has 7 nitrogen and oxygen atoms in total. The molecule has 0 saturated heterocycles. The van der Waals surface area contributed by atoms with Gasteiger partial charge < -0.3 is 5.11 Å². The summed E-state index contributed by atoms with van der Waals surface area (Å²) in [4.78, 5) is 9.01. The van der Waals surface area contributed by atoms with Crippen LogP contribution in [0.2, 0.25) is 0 Å². The van der Waals surface area contributed by atoms with E-state index in [0.717, 1.165) is 34.3 Å². The predicted molar refractivity (Wildman–Crippen MR) is 110 cm³/mol. The Hall–Kier alpha value is -1.13. The molecule has 2 aromatic rings. The van der Waals surface area contributed by atoms with Gasteiger partial charge in [0.15, 0.2) is 0 Å². The molecule has 9 heteroatoms. The highest BCUT2D eigenvalue weighted by atomic mass is 32.2. The molecule has 1 aliphatic rings. The number of aryl methyl sites for hydroxylation is 1. The summed E-state index contributed by atoms with van der Waals surface area (Å²) in [5.41, 5.74) is 3.19. The van der Waals surface area contributed by atoms with Gasteiger partial charge in [-0.3, -0.25) is 4.18 Å². The van der Waals surface area contributed by atoms with Gasteiger partial charge in [0.25, 0.3) is 0 Å². The first-order chi connectivity index (χ1) is 13.4. The smallest absolute Gasteiger partial charge is 0.333 e. The zero-order valence-electron chi connectivity index (χ0n) is 16.2. The Balaban J connectivity index is 1.68. The number of aliphatic hydroxyl groups is 1. The second-order valence-electron chi connectivity index (χ2n) is 7.63. The maximum Gasteiger partial charge on any atom is 0.333 e. The van der Waals surface area contributed by atoms with Crippen molar-refractivity contribution < 1.29 is 17.7 Å². The minimum absolute atomic E-state index is 0.0867. The molecule has 1 saturated carbocycles. The van der Waals surface area contributed by atoms with Gasteiger partial charge in [-0.15, -0.1) is 11.3 Å². The van der Waals surface area contributed by atoms with E-state index in [1.54, 1.807) is 17.7 Å². The number of hydrogen-bond donors (Lipinski definition) is 2. The van der Waals surface area contributed by atoms with Gasteiger partial charge in [-0.25, -0.2) is 15.1 Å². The average molecular weight is 428 g/mol. The molecule has 3 rings (SSSR count). The van der Waals surface area contributed by atoms with Gasteiger partial charge in [-0.05, 0) is 42.5 Å². The van der Waals surface area contributed by atoms with E-state index in [1.807, 2.05) is 0 Å². The van der Waals surface area contributed by atoms with E-state index < -0.39 is 16.4 Å². The number of nitrogens with two attached hydrogens (primary N) is 1. The maximum atomic E-state index is 11.0. The highest BCUT2D eigenvalue weighted by molar-refractivity contribution is 7.84. The van der Waals surface area contributed by atoms with Crippen LogP contribution in [0.1, 0.15) is 69.0 Å². The minimum atomic E-state index is -3.99. The molecule has 0 aliphatic heterocycles. The van der Waals surface area contributed by atoms with Gasteiger partial charge in [0.1, 0.15) is 6.33 Å². The minimum Gasteiger partial charge on any atom is -0.393 e. The summed E-state index contributed by atoms with van der Waals surface area (Å²) >= 11 is 1.66. The van der Waals surface area contributed by atoms with E-state index in [0.29, 0.717) is 12.8 Å². The Morgan fingerprint density at radius 1 is 1.25 bits per heavy atom. The largest absolute Gasteiger partial charge is 0.393 e. The fourth-order valence-corrected chi connectivity index (χ4v) is 5.49. The molecule has 1 fully saturated rings. The van der Waals surface area contributed by atoms with E-state index >= 15 is 0 Å². The van der Waals surface area contributed by atoms with Crippen molar-refractivity contribution in [1.82, 2.24) is 9.97 Å². The van der Waals surface area contributed by atoms with Gasteiger partial charge in [0.2, 0.25) is 0 Å². The van der Waals surface area contributed by atoms with Gasteiger partial charge in [-0.1, -0.05) is 32.6 Å². The third kappa shape index (κ3) is 5.48. The van der Waals surface area contributed by atoms with Crippen LogP contribution in [0.3, 0.4) is 0 Å². The number of aliphatic hydroxyl groups excluding tert-OH is 1. The summed E-state index contributed by atoms with van der Waals surface area (Å²) in [5.74, 6) is -0.122. The Morgan fingerprint density at radius 3 is 2.79 bits per heavy atom. The molecular weight excluding hydrogens is 398 g/mol. The van der Waals surface area contributed by atoms with Crippen molar-refractivity contribution in [3.63, 3.8) is 0 Å². The number of hydrogen-bond acceptors (Lipinski definition) is 7. The first-order valence-electron chi connectivity index (χ1n) is 9.95. The Morgan fingerprint density at radius 2 is 2.04 bits per heavy atom. The number of fused-ring (bicyclic) bond motifs is 1. The van der Waals surface area contributed by atoms with Crippen LogP contribution in [-0.2, 0) is 20.9 Å². The van der Waals surface area contributed by atoms with Crippen LogP contribution in [0.15, 0.2) is 11.7 Å². The molecule has 0 bridgehead atoms. The molecule has 0 spiro atoms. The van der Waals surface area contributed by atoms with Crippen molar-refractivity contribution in [3.8, 4) is 0 Å². The van der Waals surface area contributed by atoms with Gasteiger partial charge in [-0.2, -0.15) is 8.42 Å². The molecular formula is C19H29N3O4S2. The highest BCUT2D eigenvalue weighted by Gasteiger charge is 2.36. The molecule has 2 aromatic heterocycles. The first-order valence-corrected chi connectivity index (χ1v) is 12.3. The second kappa shape index (κ2) is 9.58. The Kier molecular flexibility index (Phi) is 7.38. The van der Waals surface area contributed by atoms with Crippen molar-refractivity contribution in [2.45, 2.75) is 70.3 Å². The van der Waals surface area contributed by atoms with Crippen LogP contribution in [-0.4, -0.2) is 36.2 Å². The van der Waals surface area contributed by atoms with E-state index in [9.17, 15) is 13.5 Å². The molecule has 3 atom stereocenters. The SMILES string of the molecule is CCCCCCCc1ncnc2c([C@@H]3C[C@@H](COS(N)(=O)=O)[C@@H](O)C3)csc12. The molecule has 0 unspecified atom stereocenters. The number of unbranched alkanes of at least 4 members (excludes halogenated alkanes) is 4. The summed E-state index contributed by atoms with van der Waals surface area (Å²) in [7, 11) is -3.99. The lowest BCUT2D eigenvalue weighted by Gasteiger charge is -2.12. The molecule has 0 aromatic carbocycles. The molecule has 3 N–H and O–H groups in total. The fraction of sp³-hybridized carbons (Fsp3) is 0.684. The number of aromatic nitrogens is 2. The summed E-state index contributed by atoms with van der Waals surface area (Å²) in [6, 6.07) is 0. The molecule has 0 radical (unpaired) electrons. The van der Waals surface area contributed by atoms with Gasteiger partial charge >= 0.3 is 10.3 Å². The lowest BCUT2D eigenvalue weighted by Crippen LogP contribution is -2.24. The van der Waals surface area contributed by atoms with E-state index in [-0.39, 0.29) is 18.4 Å². The zero-order chi connectivity index (χ0) is 20.1. The van der Waals surface area contributed by atoms with Crippen molar-refractivity contribution in [1.29, 1.82) is 0 Å². The molecule has 156 valence electrons. The van der Waals surface area contributed by atoms with Crippen LogP contribution in [0.25, 0.3) is 10.2 Å². The fourth-order valence-electron chi connectivity index (χ4n) is 4.00. The third-order valence-electron chi connectivity index (χ3n) is 5.52. The topological polar surface area (TPSA) is 115 Å². The quantitative estimate of drug-likeness (QED) is 0.562. The number of thiophene rings is 1. The van der Waals surface area contributed by atoms with Gasteiger partial charge in [0, 0.05) is 5.92 Å². The third-order valence-corrected chi connectivity index (χ3v) is 7.02. The van der Waals surface area contributed by atoms with E-state index in [1.165, 1.54) is 25.7 Å². The summed E-state index contributed by atoms with van der Waals surface area (Å²) in [6.45, 7) is 2.13. The maximum absolute atomic E-state index is 11.0. The predicted octanol–water partition coefficient (Wildman–Crippen LogP) is 3.28. The van der Waals surface area contributed by atoms with Crippen molar-refractivity contribution in [3.05, 3.63) is 23.0 Å². The van der Waals surface area contributed by atoms with E-state index in [4.69, 9.17) is 9.32 Å². The lowest BCUT2D eigenvalue weighted by atomic mass is 9.97. The number of rotatable bonds is 10. The first kappa shape index (κ1) is 21.6. The van der Waals surface area contributed by atoms with Crippen molar-refractivity contribution in [2.75, 3.05) is 6.61 Å². The monoisotopic (exact) mass is 427 g/mol. The second-order valence-corrected chi connectivity index (χ2v) is 9.73. The Bertz CT molecular complexity index is 884. The standard InChI is InChI=1S/C19H29N3O4S2/c1-2-3-4-5-6-7-16-19-18(22-12-21-16)15(11-27-19)13-8-14(17(23)9-13)10-26-28(20,24)25/h11-14,17,23H,2-10H2,1H3,(H2,20,24,25)/t13-,14+,17+/m1/s1. The van der Waals surface area contributed by atoms with Crippen LogP contribution in [0.4, 0.5) is 0 Å². The van der Waals surface area contributed by atoms with Crippen LogP contribution in [0, 0.1) is 5.92 Å². The van der Waals surface area contributed by atoms with Crippen LogP contribution < -0.4 is 5.14 Å². The summed E-state index contributed by atoms with van der Waals surface area (Å²) in [6.07, 6.45) is 9.34. The molecule has 28 heavy (non-hydrogen) atoms. The van der Waals surface area contributed by atoms with Crippen molar-refractivity contribution in [2.24, 2.45) is 11.1 Å².